The van der Waals surface area contributed by atoms with Crippen molar-refractivity contribution >= 4 is 28.7 Å². The van der Waals surface area contributed by atoms with Gasteiger partial charge in [-0.2, -0.15) is 0 Å². The summed E-state index contributed by atoms with van der Waals surface area (Å²) in [4.78, 5) is 34.4. The number of amides is 3. The summed E-state index contributed by atoms with van der Waals surface area (Å²) in [6.45, 7) is 5.04. The van der Waals surface area contributed by atoms with Gasteiger partial charge in [-0.3, -0.25) is 19.9 Å². The number of urea groups is 1. The van der Waals surface area contributed by atoms with E-state index in [1.807, 2.05) is 19.2 Å². The molecule has 2 aromatic rings. The minimum Gasteiger partial charge on any atom is -0.346 e. The number of hydrogen-bond acceptors (Lipinski definition) is 5. The Bertz CT molecular complexity index is 940. The van der Waals surface area contributed by atoms with Crippen LogP contribution >= 0.6 is 0 Å². The fourth-order valence-electron chi connectivity index (χ4n) is 4.96. The number of nitrogens with zero attached hydrogens (tertiary/aromatic N) is 3. The number of anilines is 1. The highest BCUT2D eigenvalue weighted by Gasteiger charge is 2.36. The molecule has 2 bridgehead atoms. The van der Waals surface area contributed by atoms with Crippen LogP contribution in [-0.4, -0.2) is 64.6 Å². The third-order valence-electron chi connectivity index (χ3n) is 6.93. The average Bonchev–Trinajstić information content (AvgIpc) is 3.22. The van der Waals surface area contributed by atoms with E-state index in [4.69, 9.17) is 0 Å². The van der Waals surface area contributed by atoms with Crippen molar-refractivity contribution in [1.29, 1.82) is 0 Å². The Hall–Kier alpha value is -2.45. The Kier molecular flexibility index (Phi) is 5.20. The van der Waals surface area contributed by atoms with Gasteiger partial charge in [-0.25, -0.2) is 9.78 Å². The molecular weight excluding hydrogens is 380 g/mol. The molecule has 1 saturated carbocycles. The van der Waals surface area contributed by atoms with Crippen molar-refractivity contribution in [2.24, 2.45) is 0 Å². The van der Waals surface area contributed by atoms with Crippen LogP contribution < -0.4 is 15.5 Å². The molecule has 2 atom stereocenters. The van der Waals surface area contributed by atoms with Gasteiger partial charge in [0.15, 0.2) is 0 Å². The van der Waals surface area contributed by atoms with E-state index < -0.39 is 0 Å². The second-order valence-electron chi connectivity index (χ2n) is 8.99. The van der Waals surface area contributed by atoms with E-state index in [0.29, 0.717) is 18.7 Å². The monoisotopic (exact) mass is 410 g/mol. The number of piperazine rings is 1. The molecule has 0 aromatic carbocycles. The van der Waals surface area contributed by atoms with E-state index in [2.05, 4.69) is 25.5 Å². The maximum atomic E-state index is 11.7. The van der Waals surface area contributed by atoms with Crippen LogP contribution in [0.4, 0.5) is 10.5 Å². The maximum absolute atomic E-state index is 11.7. The molecule has 2 unspecified atom stereocenters. The fraction of sp³-hybridized carbons (Fsp3) is 0.591. The highest BCUT2D eigenvalue weighted by atomic mass is 16.2. The molecule has 30 heavy (non-hydrogen) atoms. The summed E-state index contributed by atoms with van der Waals surface area (Å²) in [5.41, 5.74) is 2.58. The van der Waals surface area contributed by atoms with Crippen LogP contribution in [0.3, 0.4) is 0 Å². The van der Waals surface area contributed by atoms with Gasteiger partial charge in [0.2, 0.25) is 5.91 Å². The number of rotatable bonds is 2. The number of carbonyl (C=O) groups is 2. The fourth-order valence-corrected chi connectivity index (χ4v) is 4.96. The lowest BCUT2D eigenvalue weighted by molar-refractivity contribution is -0.120. The van der Waals surface area contributed by atoms with E-state index in [-0.39, 0.29) is 11.9 Å². The largest absolute Gasteiger partial charge is 0.346 e. The predicted octanol–water partition coefficient (Wildman–Crippen LogP) is 2.29. The van der Waals surface area contributed by atoms with Gasteiger partial charge in [-0.1, -0.05) is 6.42 Å². The zero-order valence-corrected chi connectivity index (χ0v) is 17.5. The Morgan fingerprint density at radius 1 is 1.10 bits per heavy atom. The molecular formula is C22H30N6O2. The molecule has 1 aliphatic carbocycles. The highest BCUT2D eigenvalue weighted by Crippen LogP contribution is 2.29. The van der Waals surface area contributed by atoms with Crippen LogP contribution in [0, 0.1) is 6.92 Å². The molecule has 3 aliphatic heterocycles. The number of imide groups is 1. The zero-order valence-electron chi connectivity index (χ0n) is 17.5. The van der Waals surface area contributed by atoms with Crippen molar-refractivity contribution in [1.82, 2.24) is 25.5 Å². The van der Waals surface area contributed by atoms with Crippen LogP contribution in [0.25, 0.3) is 11.0 Å². The molecule has 3 N–H and O–H groups in total. The Balaban J connectivity index is 0.000000139. The van der Waals surface area contributed by atoms with Gasteiger partial charge in [0.1, 0.15) is 5.65 Å². The van der Waals surface area contributed by atoms with Crippen molar-refractivity contribution in [2.75, 3.05) is 24.5 Å². The van der Waals surface area contributed by atoms with Crippen LogP contribution in [0.5, 0.6) is 0 Å². The van der Waals surface area contributed by atoms with Gasteiger partial charge < -0.3 is 10.3 Å². The molecule has 2 aromatic heterocycles. The number of nitrogens with one attached hydrogen (secondary N) is 3. The van der Waals surface area contributed by atoms with E-state index >= 15 is 0 Å². The van der Waals surface area contributed by atoms with E-state index in [1.165, 1.54) is 50.1 Å². The lowest BCUT2D eigenvalue weighted by Crippen LogP contribution is -2.55. The molecule has 8 heteroatoms. The second-order valence-corrected chi connectivity index (χ2v) is 8.99. The Morgan fingerprint density at radius 3 is 2.53 bits per heavy atom. The summed E-state index contributed by atoms with van der Waals surface area (Å²) in [6.07, 6.45) is 11.1. The molecule has 0 radical (unpaired) electrons. The molecule has 0 spiro atoms. The molecule has 4 aliphatic rings. The van der Waals surface area contributed by atoms with Gasteiger partial charge in [0.05, 0.1) is 11.9 Å². The maximum Gasteiger partial charge on any atom is 0.328 e. The number of pyridine rings is 1. The van der Waals surface area contributed by atoms with Gasteiger partial charge in [-0.15, -0.1) is 0 Å². The number of likely N-dealkylation sites (tertiary alicyclic amines) is 1. The minimum absolute atomic E-state index is 0.233. The normalized spacial score (nSPS) is 26.9. The predicted molar refractivity (Wildman–Crippen MR) is 115 cm³/mol. The molecule has 160 valence electrons. The zero-order chi connectivity index (χ0) is 20.7. The minimum atomic E-state index is -0.388. The lowest BCUT2D eigenvalue weighted by atomic mass is 9.90. The quantitative estimate of drug-likeness (QED) is 0.706. The summed E-state index contributed by atoms with van der Waals surface area (Å²) < 4.78 is 0. The SMILES string of the molecule is C1CC(N2CC3CCC(C2)N3)C1.Cc1c[nH]c2ncc(N3CCC(=O)NC3=O)cc12. The second kappa shape index (κ2) is 8.00. The molecule has 4 fully saturated rings. The van der Waals surface area contributed by atoms with Crippen LogP contribution in [0.2, 0.25) is 0 Å². The molecule has 5 heterocycles. The van der Waals surface area contributed by atoms with Crippen molar-refractivity contribution in [3.63, 3.8) is 0 Å². The Labute approximate surface area is 176 Å². The first-order chi connectivity index (χ1) is 14.6. The average molecular weight is 411 g/mol. The van der Waals surface area contributed by atoms with Gasteiger partial charge in [0.25, 0.3) is 0 Å². The molecule has 6 rings (SSSR count). The van der Waals surface area contributed by atoms with E-state index in [0.717, 1.165) is 34.7 Å². The number of aromatic nitrogens is 2. The third kappa shape index (κ3) is 3.81. The topological polar surface area (TPSA) is 93.4 Å². The standard InChI is InChI=1S/C12H12N4O2.C10H18N2/c1-7-5-13-11-9(7)4-8(6-14-11)16-3-2-10(17)15-12(16)18;1-2-10(3-1)12-6-8-4-5-9(7-12)11-8/h4-6H,2-3H2,1H3,(H,13,14)(H,15,17,18);8-11H,1-7H2. The molecule has 3 saturated heterocycles. The number of carbonyl (C=O) groups excluding carboxylic acids is 2. The van der Waals surface area contributed by atoms with E-state index in [9.17, 15) is 9.59 Å². The van der Waals surface area contributed by atoms with Gasteiger partial charge in [-0.05, 0) is 44.2 Å². The number of fused-ring (bicyclic) bond motifs is 3. The third-order valence-corrected chi connectivity index (χ3v) is 6.93. The first-order valence-corrected chi connectivity index (χ1v) is 11.1. The van der Waals surface area contributed by atoms with Crippen LogP contribution in [-0.2, 0) is 4.79 Å². The van der Waals surface area contributed by atoms with Crippen molar-refractivity contribution in [2.45, 2.75) is 63.6 Å². The number of hydrogen-bond donors (Lipinski definition) is 3. The first kappa shape index (κ1) is 19.5. The number of aryl methyl sites for hydroxylation is 1. The smallest absolute Gasteiger partial charge is 0.328 e. The summed E-state index contributed by atoms with van der Waals surface area (Å²) in [7, 11) is 0. The summed E-state index contributed by atoms with van der Waals surface area (Å²) >= 11 is 0. The van der Waals surface area contributed by atoms with Crippen molar-refractivity contribution < 1.29 is 9.59 Å². The van der Waals surface area contributed by atoms with Gasteiger partial charge in [0, 0.05) is 55.8 Å². The van der Waals surface area contributed by atoms with Crippen molar-refractivity contribution in [3.05, 3.63) is 24.0 Å². The van der Waals surface area contributed by atoms with Crippen LogP contribution in [0.1, 0.15) is 44.1 Å². The highest BCUT2D eigenvalue weighted by molar-refractivity contribution is 6.06. The Morgan fingerprint density at radius 2 is 1.87 bits per heavy atom. The summed E-state index contributed by atoms with van der Waals surface area (Å²) in [5.74, 6) is -0.233. The summed E-state index contributed by atoms with van der Waals surface area (Å²) in [6, 6.07) is 4.16. The number of H-pyrrole nitrogens is 1. The lowest BCUT2D eigenvalue weighted by Gasteiger charge is -2.42. The molecule has 3 amide bonds. The van der Waals surface area contributed by atoms with Crippen LogP contribution in [0.15, 0.2) is 18.5 Å². The van der Waals surface area contributed by atoms with E-state index in [1.54, 1.807) is 6.20 Å². The van der Waals surface area contributed by atoms with Crippen molar-refractivity contribution in [3.8, 4) is 0 Å². The summed E-state index contributed by atoms with van der Waals surface area (Å²) in [5, 5.41) is 6.96. The number of aromatic amines is 1. The first-order valence-electron chi connectivity index (χ1n) is 11.1. The van der Waals surface area contributed by atoms with Gasteiger partial charge >= 0.3 is 6.03 Å². The molecule has 8 nitrogen and oxygen atoms in total.